The number of piperazine rings is 1. The fourth-order valence-corrected chi connectivity index (χ4v) is 2.95. The summed E-state index contributed by atoms with van der Waals surface area (Å²) in [7, 11) is 0. The molecule has 7 heteroatoms. The molecule has 2 atom stereocenters. The van der Waals surface area contributed by atoms with E-state index in [2.05, 4.69) is 5.32 Å². The van der Waals surface area contributed by atoms with Crippen LogP contribution in [0.4, 0.5) is 0 Å². The van der Waals surface area contributed by atoms with Gasteiger partial charge in [0.1, 0.15) is 6.04 Å². The minimum Gasteiger partial charge on any atom is -0.503 e. The lowest BCUT2D eigenvalue weighted by atomic mass is 10.0. The molecule has 1 fully saturated rings. The van der Waals surface area contributed by atoms with Crippen molar-refractivity contribution in [1.29, 1.82) is 0 Å². The second-order valence-corrected chi connectivity index (χ2v) is 5.72. The zero-order valence-electron chi connectivity index (χ0n) is 12.7. The molecule has 2 rings (SSSR count). The highest BCUT2D eigenvalue weighted by Gasteiger charge is 2.33. The minimum absolute atomic E-state index is 0.0815. The summed E-state index contributed by atoms with van der Waals surface area (Å²) in [4.78, 5) is 13.7. The van der Waals surface area contributed by atoms with Crippen LogP contribution in [0.1, 0.15) is 25.5 Å². The predicted molar refractivity (Wildman–Crippen MR) is 83.7 cm³/mol. The van der Waals surface area contributed by atoms with Crippen LogP contribution in [-0.4, -0.2) is 53.4 Å². The number of carboxylic acids is 1. The standard InChI is InChI=1S/C15H21ClN2O4/c1-3-22-12-7-10(6-11(16)14(12)19)13(15(20)21)18-5-4-17-8-9(18)2/h6-7,9,13,17,19H,3-5,8H2,1-2H3,(H,20,21). The van der Waals surface area contributed by atoms with E-state index >= 15 is 0 Å². The van der Waals surface area contributed by atoms with Gasteiger partial charge in [0.25, 0.3) is 0 Å². The van der Waals surface area contributed by atoms with Crippen molar-refractivity contribution in [2.75, 3.05) is 26.2 Å². The van der Waals surface area contributed by atoms with Gasteiger partial charge in [-0.25, -0.2) is 0 Å². The molecule has 1 aromatic rings. The molecular formula is C15H21ClN2O4. The molecule has 1 aliphatic rings. The van der Waals surface area contributed by atoms with Crippen molar-refractivity contribution in [3.8, 4) is 11.5 Å². The second kappa shape index (κ2) is 7.17. The lowest BCUT2D eigenvalue weighted by Crippen LogP contribution is -2.52. The number of ether oxygens (including phenoxy) is 1. The highest BCUT2D eigenvalue weighted by atomic mass is 35.5. The number of phenols is 1. The molecule has 1 heterocycles. The maximum Gasteiger partial charge on any atom is 0.325 e. The zero-order valence-corrected chi connectivity index (χ0v) is 13.4. The summed E-state index contributed by atoms with van der Waals surface area (Å²) < 4.78 is 5.34. The van der Waals surface area contributed by atoms with E-state index in [4.69, 9.17) is 16.3 Å². The summed E-state index contributed by atoms with van der Waals surface area (Å²) in [5.41, 5.74) is 0.507. The fraction of sp³-hybridized carbons (Fsp3) is 0.533. The number of aliphatic carboxylic acids is 1. The summed E-state index contributed by atoms with van der Waals surface area (Å²) in [5.74, 6) is -0.901. The summed E-state index contributed by atoms with van der Waals surface area (Å²) in [5, 5.41) is 22.9. The number of halogens is 1. The number of nitrogens with zero attached hydrogens (tertiary/aromatic N) is 1. The van der Waals surface area contributed by atoms with Gasteiger partial charge in [0.15, 0.2) is 11.5 Å². The predicted octanol–water partition coefficient (Wildman–Crippen LogP) is 1.86. The zero-order chi connectivity index (χ0) is 16.3. The lowest BCUT2D eigenvalue weighted by Gasteiger charge is -2.38. The molecule has 0 amide bonds. The lowest BCUT2D eigenvalue weighted by molar-refractivity contribution is -0.145. The first kappa shape index (κ1) is 16.9. The molecule has 3 N–H and O–H groups in total. The average molecular weight is 329 g/mol. The van der Waals surface area contributed by atoms with Crippen LogP contribution in [0.15, 0.2) is 12.1 Å². The number of hydrogen-bond donors (Lipinski definition) is 3. The van der Waals surface area contributed by atoms with E-state index in [0.29, 0.717) is 18.7 Å². The third kappa shape index (κ3) is 3.45. The molecule has 1 saturated heterocycles. The van der Waals surface area contributed by atoms with E-state index in [-0.39, 0.29) is 22.6 Å². The SMILES string of the molecule is CCOc1cc(C(C(=O)O)N2CCNCC2C)cc(Cl)c1O. The number of aromatic hydroxyl groups is 1. The van der Waals surface area contributed by atoms with Gasteiger partial charge in [0.05, 0.1) is 11.6 Å². The van der Waals surface area contributed by atoms with Crippen LogP contribution in [0.5, 0.6) is 11.5 Å². The first-order chi connectivity index (χ1) is 10.5. The Hall–Kier alpha value is -1.50. The molecule has 2 unspecified atom stereocenters. The first-order valence-corrected chi connectivity index (χ1v) is 7.68. The number of nitrogens with one attached hydrogen (secondary N) is 1. The van der Waals surface area contributed by atoms with Crippen LogP contribution in [-0.2, 0) is 4.79 Å². The van der Waals surface area contributed by atoms with Gasteiger partial charge in [-0.3, -0.25) is 9.69 Å². The topological polar surface area (TPSA) is 82.0 Å². The maximum absolute atomic E-state index is 11.8. The Labute approximate surface area is 134 Å². The Balaban J connectivity index is 2.42. The molecule has 0 spiro atoms. The normalized spacial score (nSPS) is 20.6. The smallest absolute Gasteiger partial charge is 0.325 e. The van der Waals surface area contributed by atoms with E-state index in [0.717, 1.165) is 13.1 Å². The van der Waals surface area contributed by atoms with Crippen LogP contribution < -0.4 is 10.1 Å². The maximum atomic E-state index is 11.8. The van der Waals surface area contributed by atoms with Gasteiger partial charge in [0.2, 0.25) is 0 Å². The van der Waals surface area contributed by atoms with E-state index in [9.17, 15) is 15.0 Å². The Morgan fingerprint density at radius 1 is 1.59 bits per heavy atom. The van der Waals surface area contributed by atoms with E-state index in [1.54, 1.807) is 13.0 Å². The molecule has 0 bridgehead atoms. The molecule has 0 saturated carbocycles. The number of carboxylic acid groups (broad SMARTS) is 1. The largest absolute Gasteiger partial charge is 0.503 e. The third-order valence-corrected chi connectivity index (χ3v) is 4.07. The van der Waals surface area contributed by atoms with Crippen LogP contribution in [0.3, 0.4) is 0 Å². The van der Waals surface area contributed by atoms with Crippen molar-refractivity contribution in [3.63, 3.8) is 0 Å². The van der Waals surface area contributed by atoms with Crippen molar-refractivity contribution >= 4 is 17.6 Å². The van der Waals surface area contributed by atoms with Gasteiger partial charge in [-0.2, -0.15) is 0 Å². The van der Waals surface area contributed by atoms with Crippen LogP contribution >= 0.6 is 11.6 Å². The van der Waals surface area contributed by atoms with Gasteiger partial charge in [-0.1, -0.05) is 11.6 Å². The average Bonchev–Trinajstić information content (AvgIpc) is 2.46. The number of carbonyl (C=O) groups is 1. The molecule has 1 aliphatic heterocycles. The number of rotatable bonds is 5. The monoisotopic (exact) mass is 328 g/mol. The Morgan fingerprint density at radius 2 is 2.32 bits per heavy atom. The van der Waals surface area contributed by atoms with Crippen LogP contribution in [0, 0.1) is 0 Å². The molecule has 0 radical (unpaired) electrons. The second-order valence-electron chi connectivity index (χ2n) is 5.31. The van der Waals surface area contributed by atoms with Crippen molar-refractivity contribution in [2.45, 2.75) is 25.9 Å². The Bertz CT molecular complexity index is 553. The summed E-state index contributed by atoms with van der Waals surface area (Å²) in [6.07, 6.45) is 0. The van der Waals surface area contributed by atoms with Crippen molar-refractivity contribution < 1.29 is 19.7 Å². The molecule has 22 heavy (non-hydrogen) atoms. The minimum atomic E-state index is -0.946. The molecule has 1 aromatic carbocycles. The Kier molecular flexibility index (Phi) is 5.50. The van der Waals surface area contributed by atoms with Crippen LogP contribution in [0.2, 0.25) is 5.02 Å². The number of hydrogen-bond acceptors (Lipinski definition) is 5. The van der Waals surface area contributed by atoms with Crippen molar-refractivity contribution in [3.05, 3.63) is 22.7 Å². The van der Waals surface area contributed by atoms with E-state index in [1.165, 1.54) is 6.07 Å². The summed E-state index contributed by atoms with van der Waals surface area (Å²) >= 11 is 6.02. The molecule has 122 valence electrons. The molecule has 0 aromatic heterocycles. The van der Waals surface area contributed by atoms with E-state index in [1.807, 2.05) is 11.8 Å². The first-order valence-electron chi connectivity index (χ1n) is 7.30. The fourth-order valence-electron chi connectivity index (χ4n) is 2.73. The van der Waals surface area contributed by atoms with Crippen molar-refractivity contribution in [1.82, 2.24) is 10.2 Å². The summed E-state index contributed by atoms with van der Waals surface area (Å²) in [6.45, 7) is 6.21. The number of benzene rings is 1. The van der Waals surface area contributed by atoms with E-state index < -0.39 is 12.0 Å². The molecular weight excluding hydrogens is 308 g/mol. The summed E-state index contributed by atoms with van der Waals surface area (Å²) in [6, 6.07) is 2.30. The van der Waals surface area contributed by atoms with Gasteiger partial charge in [-0.05, 0) is 31.5 Å². The van der Waals surface area contributed by atoms with Crippen molar-refractivity contribution in [2.24, 2.45) is 0 Å². The number of phenolic OH excluding ortho intramolecular Hbond substituents is 1. The quantitative estimate of drug-likeness (QED) is 0.765. The van der Waals surface area contributed by atoms with Gasteiger partial charge in [0, 0.05) is 25.7 Å². The highest BCUT2D eigenvalue weighted by molar-refractivity contribution is 6.32. The Morgan fingerprint density at radius 3 is 2.91 bits per heavy atom. The molecule has 0 aliphatic carbocycles. The van der Waals surface area contributed by atoms with Gasteiger partial charge < -0.3 is 20.3 Å². The third-order valence-electron chi connectivity index (χ3n) is 3.78. The van der Waals surface area contributed by atoms with Crippen LogP contribution in [0.25, 0.3) is 0 Å². The van der Waals surface area contributed by atoms with Gasteiger partial charge >= 0.3 is 5.97 Å². The molecule has 6 nitrogen and oxygen atoms in total. The highest BCUT2D eigenvalue weighted by Crippen LogP contribution is 2.38. The van der Waals surface area contributed by atoms with Gasteiger partial charge in [-0.15, -0.1) is 0 Å².